The standard InChI is InChI=1S/C21H22ClFN2O2.ClH/c1-24-10-15-11-25(20(26)13-27-18-7-5-16(22)6-8-18)12-19(15)21(24)14-3-2-4-17(23)9-14;/h2-9,15,19,21H,10-13H2,1H3;1H/t15-,19+,21-;/m0./s1. The lowest BCUT2D eigenvalue weighted by Crippen LogP contribution is -2.36. The number of fused-ring (bicyclic) bond motifs is 1. The van der Waals surface area contributed by atoms with Crippen LogP contribution in [0.1, 0.15) is 11.6 Å². The van der Waals surface area contributed by atoms with Crippen molar-refractivity contribution < 1.29 is 13.9 Å². The average Bonchev–Trinajstić information content (AvgIpc) is 3.17. The van der Waals surface area contributed by atoms with Gasteiger partial charge in [0.1, 0.15) is 11.6 Å². The Morgan fingerprint density at radius 2 is 1.93 bits per heavy atom. The monoisotopic (exact) mass is 424 g/mol. The molecule has 0 aromatic heterocycles. The van der Waals surface area contributed by atoms with Crippen molar-refractivity contribution in [3.05, 3.63) is 64.9 Å². The summed E-state index contributed by atoms with van der Waals surface area (Å²) in [7, 11) is 2.07. The third-order valence-corrected chi connectivity index (χ3v) is 5.87. The molecule has 150 valence electrons. The van der Waals surface area contributed by atoms with E-state index in [9.17, 15) is 9.18 Å². The molecule has 2 aliphatic rings. The van der Waals surface area contributed by atoms with Crippen molar-refractivity contribution in [1.82, 2.24) is 9.80 Å². The molecule has 0 radical (unpaired) electrons. The molecule has 0 spiro atoms. The van der Waals surface area contributed by atoms with Gasteiger partial charge in [0.25, 0.3) is 5.91 Å². The first-order valence-corrected chi connectivity index (χ1v) is 9.51. The van der Waals surface area contributed by atoms with Gasteiger partial charge in [-0.15, -0.1) is 12.4 Å². The van der Waals surface area contributed by atoms with Crippen molar-refractivity contribution in [3.63, 3.8) is 0 Å². The van der Waals surface area contributed by atoms with Gasteiger partial charge in [0.2, 0.25) is 0 Å². The van der Waals surface area contributed by atoms with Gasteiger partial charge < -0.3 is 9.64 Å². The third-order valence-electron chi connectivity index (χ3n) is 5.61. The van der Waals surface area contributed by atoms with Crippen LogP contribution in [0.5, 0.6) is 5.75 Å². The molecule has 0 aliphatic carbocycles. The molecule has 2 aromatic carbocycles. The lowest BCUT2D eigenvalue weighted by molar-refractivity contribution is -0.132. The molecule has 2 saturated heterocycles. The first-order chi connectivity index (χ1) is 13.0. The fraction of sp³-hybridized carbons (Fsp3) is 0.381. The maximum absolute atomic E-state index is 13.7. The van der Waals surface area contributed by atoms with Crippen molar-refractivity contribution in [2.24, 2.45) is 11.8 Å². The van der Waals surface area contributed by atoms with Crippen LogP contribution in [0.4, 0.5) is 4.39 Å². The zero-order chi connectivity index (χ0) is 19.0. The van der Waals surface area contributed by atoms with Crippen molar-refractivity contribution in [2.75, 3.05) is 33.3 Å². The highest BCUT2D eigenvalue weighted by atomic mass is 35.5. The third kappa shape index (κ3) is 4.27. The summed E-state index contributed by atoms with van der Waals surface area (Å²) >= 11 is 5.86. The van der Waals surface area contributed by atoms with Crippen LogP contribution in [-0.2, 0) is 4.79 Å². The fourth-order valence-electron chi connectivity index (χ4n) is 4.42. The van der Waals surface area contributed by atoms with Crippen molar-refractivity contribution in [2.45, 2.75) is 6.04 Å². The summed E-state index contributed by atoms with van der Waals surface area (Å²) < 4.78 is 19.3. The fourth-order valence-corrected chi connectivity index (χ4v) is 4.55. The van der Waals surface area contributed by atoms with Gasteiger partial charge in [-0.3, -0.25) is 9.69 Å². The second-order valence-corrected chi connectivity index (χ2v) is 7.84. The predicted octanol–water partition coefficient (Wildman–Crippen LogP) is 4.04. The number of halogens is 3. The van der Waals surface area contributed by atoms with E-state index >= 15 is 0 Å². The van der Waals surface area contributed by atoms with E-state index in [-0.39, 0.29) is 36.8 Å². The Morgan fingerprint density at radius 1 is 1.18 bits per heavy atom. The Kier molecular flexibility index (Phi) is 6.48. The van der Waals surface area contributed by atoms with Crippen molar-refractivity contribution in [3.8, 4) is 5.75 Å². The van der Waals surface area contributed by atoms with Gasteiger partial charge in [0.05, 0.1) is 0 Å². The molecule has 2 aromatic rings. The van der Waals surface area contributed by atoms with Gasteiger partial charge in [-0.1, -0.05) is 23.7 Å². The summed E-state index contributed by atoms with van der Waals surface area (Å²) in [5.41, 5.74) is 0.983. The molecule has 2 aliphatic heterocycles. The van der Waals surface area contributed by atoms with E-state index in [2.05, 4.69) is 11.9 Å². The molecule has 0 saturated carbocycles. The summed E-state index contributed by atoms with van der Waals surface area (Å²) in [6, 6.07) is 13.9. The number of carbonyl (C=O) groups is 1. The van der Waals surface area contributed by atoms with Crippen LogP contribution in [-0.4, -0.2) is 49.0 Å². The Morgan fingerprint density at radius 3 is 2.64 bits per heavy atom. The van der Waals surface area contributed by atoms with Gasteiger partial charge in [-0.2, -0.15) is 0 Å². The molecule has 1 amide bonds. The van der Waals surface area contributed by atoms with Crippen LogP contribution < -0.4 is 4.74 Å². The van der Waals surface area contributed by atoms with Crippen LogP contribution in [0.3, 0.4) is 0 Å². The number of ether oxygens (including phenoxy) is 1. The number of benzene rings is 2. The van der Waals surface area contributed by atoms with E-state index < -0.39 is 0 Å². The molecule has 0 N–H and O–H groups in total. The molecule has 2 fully saturated rings. The lowest BCUT2D eigenvalue weighted by atomic mass is 9.89. The number of amides is 1. The molecule has 28 heavy (non-hydrogen) atoms. The van der Waals surface area contributed by atoms with E-state index in [1.54, 1.807) is 36.4 Å². The highest BCUT2D eigenvalue weighted by Gasteiger charge is 2.47. The number of rotatable bonds is 4. The maximum Gasteiger partial charge on any atom is 0.260 e. The number of nitrogens with zero attached hydrogens (tertiary/aromatic N) is 2. The van der Waals surface area contributed by atoms with Crippen LogP contribution in [0, 0.1) is 17.7 Å². The predicted molar refractivity (Wildman–Crippen MR) is 110 cm³/mol. The van der Waals surface area contributed by atoms with Gasteiger partial charge in [0, 0.05) is 36.6 Å². The van der Waals surface area contributed by atoms with Crippen LogP contribution in [0.25, 0.3) is 0 Å². The first-order valence-electron chi connectivity index (χ1n) is 9.13. The minimum absolute atomic E-state index is 0. The number of carbonyl (C=O) groups excluding carboxylic acids is 1. The minimum atomic E-state index is -0.216. The van der Waals surface area contributed by atoms with E-state index in [4.69, 9.17) is 16.3 Å². The molecular weight excluding hydrogens is 402 g/mol. The molecule has 7 heteroatoms. The summed E-state index contributed by atoms with van der Waals surface area (Å²) in [5.74, 6) is 1.12. The number of hydrogen-bond donors (Lipinski definition) is 0. The van der Waals surface area contributed by atoms with Gasteiger partial charge in [0.15, 0.2) is 6.61 Å². The van der Waals surface area contributed by atoms with Crippen LogP contribution >= 0.6 is 24.0 Å². The Balaban J connectivity index is 0.00000225. The topological polar surface area (TPSA) is 32.8 Å². The van der Waals surface area contributed by atoms with E-state index in [0.29, 0.717) is 29.2 Å². The average molecular weight is 425 g/mol. The zero-order valence-corrected chi connectivity index (χ0v) is 17.1. The Labute approximate surface area is 175 Å². The second kappa shape index (κ2) is 8.68. The van der Waals surface area contributed by atoms with Crippen LogP contribution in [0.2, 0.25) is 5.02 Å². The lowest BCUT2D eigenvalue weighted by Gasteiger charge is -2.27. The van der Waals surface area contributed by atoms with Crippen molar-refractivity contribution in [1.29, 1.82) is 0 Å². The summed E-state index contributed by atoms with van der Waals surface area (Å²) in [6.07, 6.45) is 0. The quantitative estimate of drug-likeness (QED) is 0.742. The molecule has 0 unspecified atom stereocenters. The minimum Gasteiger partial charge on any atom is -0.484 e. The smallest absolute Gasteiger partial charge is 0.260 e. The summed E-state index contributed by atoms with van der Waals surface area (Å²) in [6.45, 7) is 2.33. The van der Waals surface area contributed by atoms with Gasteiger partial charge in [-0.05, 0) is 54.9 Å². The highest BCUT2D eigenvalue weighted by Crippen LogP contribution is 2.44. The van der Waals surface area contributed by atoms with Crippen molar-refractivity contribution >= 4 is 29.9 Å². The Bertz CT molecular complexity index is 833. The molecule has 2 heterocycles. The molecule has 4 nitrogen and oxygen atoms in total. The largest absolute Gasteiger partial charge is 0.484 e. The highest BCUT2D eigenvalue weighted by molar-refractivity contribution is 6.30. The van der Waals surface area contributed by atoms with Crippen LogP contribution in [0.15, 0.2) is 48.5 Å². The SMILES string of the molecule is CN1C[C@H]2CN(C(=O)COc3ccc(Cl)cc3)C[C@H]2[C@@H]1c1cccc(F)c1.Cl. The Hall–Kier alpha value is -1.82. The molecule has 3 atom stereocenters. The van der Waals surface area contributed by atoms with E-state index in [0.717, 1.165) is 18.7 Å². The van der Waals surface area contributed by atoms with E-state index in [1.807, 2.05) is 11.0 Å². The van der Waals surface area contributed by atoms with E-state index in [1.165, 1.54) is 6.07 Å². The molecular formula is C21H23Cl2FN2O2. The molecule has 0 bridgehead atoms. The first kappa shape index (κ1) is 20.9. The summed E-state index contributed by atoms with van der Waals surface area (Å²) in [5, 5.41) is 0.633. The summed E-state index contributed by atoms with van der Waals surface area (Å²) in [4.78, 5) is 16.8. The number of likely N-dealkylation sites (tertiary alicyclic amines) is 2. The second-order valence-electron chi connectivity index (χ2n) is 7.40. The zero-order valence-electron chi connectivity index (χ0n) is 15.6. The number of hydrogen-bond acceptors (Lipinski definition) is 3. The maximum atomic E-state index is 13.7. The molecule has 4 rings (SSSR count). The van der Waals surface area contributed by atoms with Gasteiger partial charge >= 0.3 is 0 Å². The van der Waals surface area contributed by atoms with Gasteiger partial charge in [-0.25, -0.2) is 4.39 Å². The normalized spacial score (nSPS) is 24.0.